The minimum absolute atomic E-state index is 0.124. The van der Waals surface area contributed by atoms with Crippen LogP contribution in [-0.2, 0) is 59.7 Å². The summed E-state index contributed by atoms with van der Waals surface area (Å²) in [7, 11) is -13.0. The second-order valence-corrected chi connectivity index (χ2v) is 45.9. The van der Waals surface area contributed by atoms with Crippen molar-refractivity contribution in [2.24, 2.45) is 41.4 Å². The van der Waals surface area contributed by atoms with Gasteiger partial charge in [-0.1, -0.05) is 188 Å². The average Bonchev–Trinajstić information content (AvgIpc) is 1.65. The molecule has 1 saturated carbocycles. The molecule has 5 amide bonds. The Morgan fingerprint density at radius 3 is 1.50 bits per heavy atom. The summed E-state index contributed by atoms with van der Waals surface area (Å²) in [5.74, 6) is 4.64. The lowest BCUT2D eigenvalue weighted by molar-refractivity contribution is -0.156. The Balaban J connectivity index is 0.000000376. The Hall–Kier alpha value is -6.59. The number of amides is 5. The van der Waals surface area contributed by atoms with Gasteiger partial charge in [0.1, 0.15) is 23.3 Å². The fourth-order valence-electron chi connectivity index (χ4n) is 13.4. The molecule has 5 heterocycles. The Morgan fingerprint density at radius 1 is 0.528 bits per heavy atom. The van der Waals surface area contributed by atoms with Crippen molar-refractivity contribution in [1.29, 1.82) is 0 Å². The number of hydrogen-bond acceptors (Lipinski definition) is 17. The number of aromatic nitrogens is 1. The first-order valence-corrected chi connectivity index (χ1v) is 52.9. The second-order valence-electron chi connectivity index (χ2n) is 35.9. The number of piperazine rings is 1. The molecule has 3 atom stereocenters. The van der Waals surface area contributed by atoms with Crippen LogP contribution in [0.25, 0.3) is 0 Å². The van der Waals surface area contributed by atoms with Crippen LogP contribution in [0, 0.1) is 47.2 Å². The predicted molar refractivity (Wildman–Crippen MR) is 501 cm³/mol. The molecule has 1 aliphatic carbocycles. The van der Waals surface area contributed by atoms with Gasteiger partial charge in [-0.2, -0.15) is 21.3 Å². The first kappa shape index (κ1) is 111. The summed E-state index contributed by atoms with van der Waals surface area (Å²) in [5, 5.41) is 6.22. The number of nitrogens with one attached hydrogen (secondary N) is 2. The summed E-state index contributed by atoms with van der Waals surface area (Å²) < 4.78 is 139. The summed E-state index contributed by atoms with van der Waals surface area (Å²) >= 11 is 0. The maximum absolute atomic E-state index is 13.1. The highest BCUT2D eigenvalue weighted by molar-refractivity contribution is 7.92. The standard InChI is InChI=1S/C20H25FN2O3S.C15H25N3O2S.C12H22N2O2.C11H24N2O2S.C11H22N2O.C11H16O2S.C10H22N2O2S/c1-13(2)16-10-17(12-19(11-16)23(4)27(5,25)26)20(24)22-14(3)15-6-8-18(21)9-7-15;1-10(2)12-7-14(16-9-13-6-11(13)3)17-15(8-12)18(4)21(5,19)20;1-4-5-6-13-7-8-14(9-10(2)3)12(16)11(13)15;1-4-5-6-13-8-7-12(9-11(2)3)10-16(13,14)15;1-4-5-6-12-7-8-13(11(12)14)9-10(2)3;1-10(2)8-9-14(12,13)11-6-4-3-5-7-11;1-4-5-6-11-7-8-12(9-10(2)3)15(11,13)14/h6-14H,1-5H3,(H,22,24);7-8,10-11,13H,6,9H2,1-5H3,(H,16,17);10H,4-9H2,1-3H3;11H,4-10H2,1-3H3;10H,4-9H2,1-3H3;3-7,10H,8-9H2,1-2H3;10H,4-9H2,1-3H3/t14-;;;;;;/m1....../s1. The van der Waals surface area contributed by atoms with E-state index in [4.69, 9.17) is 0 Å². The van der Waals surface area contributed by atoms with Crippen LogP contribution in [0.4, 0.5) is 26.5 Å². The number of sulfonamides is 3. The van der Waals surface area contributed by atoms with Gasteiger partial charge in [0.15, 0.2) is 9.84 Å². The number of urea groups is 1. The highest BCUT2D eigenvalue weighted by atomic mass is 32.2. The lowest BCUT2D eigenvalue weighted by Crippen LogP contribution is -2.55. The zero-order valence-electron chi connectivity index (χ0n) is 78.9. The van der Waals surface area contributed by atoms with Crippen LogP contribution in [0.3, 0.4) is 0 Å². The largest absolute Gasteiger partial charge is 0.370 e. The molecular weight excluding hydrogens is 1670 g/mol. The number of nitrogens with zero attached hydrogens (tertiary/aromatic N) is 11. The van der Waals surface area contributed by atoms with E-state index in [9.17, 15) is 65.7 Å². The van der Waals surface area contributed by atoms with E-state index in [0.717, 1.165) is 149 Å². The van der Waals surface area contributed by atoms with Crippen molar-refractivity contribution in [2.45, 2.75) is 225 Å². The van der Waals surface area contributed by atoms with Gasteiger partial charge in [-0.15, -0.1) is 0 Å². The molecular formula is C90H156FN13O14S5. The molecule has 5 fully saturated rings. The van der Waals surface area contributed by atoms with Gasteiger partial charge in [0, 0.05) is 131 Å². The Morgan fingerprint density at radius 2 is 1.00 bits per heavy atom. The zero-order chi connectivity index (χ0) is 93.1. The molecule has 5 aliphatic rings. The molecule has 27 nitrogen and oxygen atoms in total. The molecule has 33 heteroatoms. The van der Waals surface area contributed by atoms with Crippen LogP contribution < -0.4 is 19.2 Å². The minimum Gasteiger partial charge on any atom is -0.370 e. The van der Waals surface area contributed by atoms with Crippen LogP contribution in [0.5, 0.6) is 0 Å². The second kappa shape index (κ2) is 53.3. The number of unbranched alkanes of at least 4 members (excludes halogenated alkanes) is 4. The van der Waals surface area contributed by atoms with E-state index >= 15 is 0 Å². The molecule has 2 N–H and O–H groups in total. The van der Waals surface area contributed by atoms with Crippen LogP contribution in [0.2, 0.25) is 0 Å². The molecule has 0 bridgehead atoms. The summed E-state index contributed by atoms with van der Waals surface area (Å²) in [6.45, 7) is 54.5. The number of benzene rings is 3. The fourth-order valence-corrected chi connectivity index (χ4v) is 19.3. The SMILES string of the molecule is CC(C)CCS(=O)(=O)c1ccccc1.CC(C)c1cc(C(=O)N[C@H](C)c2ccc(F)cc2)cc(N(C)S(C)(=O)=O)c1.CC(C)c1cc(NCC2CC2C)nc(N(C)S(C)(=O)=O)c1.CCCCN1CCN(CC(C)C)C(=O)C1=O.CCCCN1CCN(CC(C)C)C1=O.CCCCN1CCN(CC(C)C)CS1(=O)=O.CCCCN1CCN(CC(C)C)S1(=O)=O. The highest BCUT2D eigenvalue weighted by Crippen LogP contribution is 2.38. The number of rotatable bonds is 36. The predicted octanol–water partition coefficient (Wildman–Crippen LogP) is 15.0. The fraction of sp³-hybridized carbons (Fsp3) is 0.700. The molecule has 0 radical (unpaired) electrons. The van der Waals surface area contributed by atoms with Crippen molar-refractivity contribution >= 4 is 91.2 Å². The van der Waals surface area contributed by atoms with E-state index in [1.165, 1.54) is 43.2 Å². The van der Waals surface area contributed by atoms with Gasteiger partial charge >= 0.3 is 17.8 Å². The molecule has 4 aliphatic heterocycles. The first-order chi connectivity index (χ1) is 57.3. The number of pyridine rings is 1. The van der Waals surface area contributed by atoms with Crippen molar-refractivity contribution in [1.82, 2.24) is 47.7 Å². The zero-order valence-corrected chi connectivity index (χ0v) is 83.0. The first-order valence-electron chi connectivity index (χ1n) is 44.5. The number of carbonyl (C=O) groups excluding carboxylic acids is 4. The number of halogens is 1. The number of hydrogen-bond donors (Lipinski definition) is 2. The van der Waals surface area contributed by atoms with E-state index in [1.807, 2.05) is 74.4 Å². The summed E-state index contributed by atoms with van der Waals surface area (Å²) in [6, 6.07) is 23.4. The van der Waals surface area contributed by atoms with E-state index in [-0.39, 0.29) is 53.2 Å². The van der Waals surface area contributed by atoms with Crippen LogP contribution >= 0.6 is 0 Å². The quantitative estimate of drug-likeness (QED) is 0.0400. The smallest absolute Gasteiger partial charge is 0.320 e. The molecule has 9 rings (SSSR count). The normalized spacial score (nSPS) is 17.8. The van der Waals surface area contributed by atoms with Crippen molar-refractivity contribution < 1.29 is 65.7 Å². The van der Waals surface area contributed by atoms with Gasteiger partial charge in [0.05, 0.1) is 34.9 Å². The number of sulfone groups is 1. The average molecular weight is 1820 g/mol. The number of carbonyl (C=O) groups is 4. The third-order valence-corrected chi connectivity index (χ3v) is 29.3. The van der Waals surface area contributed by atoms with Crippen molar-refractivity contribution in [3.8, 4) is 0 Å². The van der Waals surface area contributed by atoms with E-state index in [0.29, 0.717) is 122 Å². The van der Waals surface area contributed by atoms with Gasteiger partial charge in [-0.3, -0.25) is 27.9 Å². The topological polar surface area (TPSA) is 308 Å². The molecule has 123 heavy (non-hydrogen) atoms. The van der Waals surface area contributed by atoms with E-state index in [1.54, 1.807) is 84.2 Å². The molecule has 702 valence electrons. The summed E-state index contributed by atoms with van der Waals surface area (Å²) in [5.41, 5.74) is 3.53. The van der Waals surface area contributed by atoms with Gasteiger partial charge in [0.2, 0.25) is 30.1 Å². The Labute approximate surface area is 743 Å². The van der Waals surface area contributed by atoms with Crippen molar-refractivity contribution in [3.05, 3.63) is 113 Å². The van der Waals surface area contributed by atoms with Crippen molar-refractivity contribution in [2.75, 3.05) is 163 Å². The van der Waals surface area contributed by atoms with Crippen molar-refractivity contribution in [3.63, 3.8) is 0 Å². The summed E-state index contributed by atoms with van der Waals surface area (Å²) in [4.78, 5) is 62.3. The van der Waals surface area contributed by atoms with Gasteiger partial charge in [0.25, 0.3) is 16.1 Å². The molecule has 1 aromatic heterocycles. The summed E-state index contributed by atoms with van der Waals surface area (Å²) in [6.07, 6.45) is 12.6. The van der Waals surface area contributed by atoms with Gasteiger partial charge in [-0.05, 0) is 170 Å². The maximum atomic E-state index is 13.1. The molecule has 4 saturated heterocycles. The lowest BCUT2D eigenvalue weighted by Gasteiger charge is -2.34. The molecule has 4 aromatic rings. The lowest BCUT2D eigenvalue weighted by atomic mass is 9.99. The highest BCUT2D eigenvalue weighted by Gasteiger charge is 2.37. The van der Waals surface area contributed by atoms with Crippen LogP contribution in [0.1, 0.15) is 248 Å². The van der Waals surface area contributed by atoms with Gasteiger partial charge in [-0.25, -0.2) is 47.8 Å². The third-order valence-electron chi connectivity index (χ3n) is 21.3. The van der Waals surface area contributed by atoms with Crippen LogP contribution in [-0.4, -0.2) is 258 Å². The monoisotopic (exact) mass is 1820 g/mol. The Bertz CT molecular complexity index is 4450. The van der Waals surface area contributed by atoms with Gasteiger partial charge < -0.3 is 30.2 Å². The van der Waals surface area contributed by atoms with E-state index in [2.05, 4.69) is 106 Å². The third kappa shape index (κ3) is 39.7. The van der Waals surface area contributed by atoms with E-state index < -0.39 is 50.1 Å². The van der Waals surface area contributed by atoms with Crippen LogP contribution in [0.15, 0.2) is 89.8 Å². The number of anilines is 3. The molecule has 2 unspecified atom stereocenters. The maximum Gasteiger partial charge on any atom is 0.320 e. The Kier molecular flexibility index (Phi) is 47.9. The minimum atomic E-state index is -3.44. The molecule has 3 aromatic carbocycles. The molecule has 0 spiro atoms.